The summed E-state index contributed by atoms with van der Waals surface area (Å²) in [6.07, 6.45) is 1.21. The molecule has 2 aromatic heterocycles. The first kappa shape index (κ1) is 20.3. The SMILES string of the molecule is COc1ccc(CCN2CCN(C(=O)Cc3nc4nc(C)cc(C)n4n3)CC2)cc1. The molecular formula is C22H28N6O2. The van der Waals surface area contributed by atoms with Crippen LogP contribution in [0, 0.1) is 13.8 Å². The molecule has 0 aliphatic carbocycles. The summed E-state index contributed by atoms with van der Waals surface area (Å²) in [7, 11) is 1.68. The molecule has 1 fully saturated rings. The lowest BCUT2D eigenvalue weighted by atomic mass is 10.1. The number of aryl methyl sites for hydroxylation is 2. The Hall–Kier alpha value is -3.00. The number of nitrogens with zero attached hydrogens (tertiary/aromatic N) is 6. The van der Waals surface area contributed by atoms with E-state index in [0.717, 1.165) is 56.3 Å². The van der Waals surface area contributed by atoms with Crippen LogP contribution in [-0.4, -0.2) is 75.1 Å². The van der Waals surface area contributed by atoms with Crippen molar-refractivity contribution in [2.24, 2.45) is 0 Å². The predicted octanol–water partition coefficient (Wildman–Crippen LogP) is 1.68. The maximum absolute atomic E-state index is 12.7. The Balaban J connectivity index is 1.27. The average Bonchev–Trinajstić information content (AvgIpc) is 3.15. The number of carbonyl (C=O) groups excluding carboxylic acids is 1. The second kappa shape index (κ2) is 8.79. The van der Waals surface area contributed by atoms with Crippen LogP contribution in [0.25, 0.3) is 5.78 Å². The number of hydrogen-bond donors (Lipinski definition) is 0. The van der Waals surface area contributed by atoms with Crippen molar-refractivity contribution in [2.75, 3.05) is 39.8 Å². The summed E-state index contributed by atoms with van der Waals surface area (Å²) in [6.45, 7) is 8.15. The number of benzene rings is 1. The first-order chi connectivity index (χ1) is 14.5. The van der Waals surface area contributed by atoms with E-state index >= 15 is 0 Å². The van der Waals surface area contributed by atoms with Gasteiger partial charge in [0.2, 0.25) is 5.91 Å². The zero-order chi connectivity index (χ0) is 21.1. The lowest BCUT2D eigenvalue weighted by Crippen LogP contribution is -2.49. The topological polar surface area (TPSA) is 75.9 Å². The molecule has 1 aromatic carbocycles. The zero-order valence-electron chi connectivity index (χ0n) is 17.8. The van der Waals surface area contributed by atoms with Gasteiger partial charge in [0.15, 0.2) is 5.82 Å². The third-order valence-electron chi connectivity index (χ3n) is 5.57. The summed E-state index contributed by atoms with van der Waals surface area (Å²) >= 11 is 0. The maximum Gasteiger partial charge on any atom is 0.252 e. The van der Waals surface area contributed by atoms with Gasteiger partial charge >= 0.3 is 0 Å². The Morgan fingerprint density at radius 1 is 1.07 bits per heavy atom. The molecule has 8 nitrogen and oxygen atoms in total. The van der Waals surface area contributed by atoms with Crippen molar-refractivity contribution in [3.05, 3.63) is 53.1 Å². The Kier molecular flexibility index (Phi) is 5.94. The number of rotatable bonds is 6. The number of methoxy groups -OCH3 is 1. The van der Waals surface area contributed by atoms with Gasteiger partial charge in [0.1, 0.15) is 5.75 Å². The summed E-state index contributed by atoms with van der Waals surface area (Å²) in [5.41, 5.74) is 3.16. The van der Waals surface area contributed by atoms with Crippen molar-refractivity contribution in [1.29, 1.82) is 0 Å². The molecule has 158 valence electrons. The van der Waals surface area contributed by atoms with Crippen LogP contribution in [0.15, 0.2) is 30.3 Å². The number of ether oxygens (including phenoxy) is 1. The first-order valence-electron chi connectivity index (χ1n) is 10.3. The van der Waals surface area contributed by atoms with Gasteiger partial charge in [0.25, 0.3) is 5.78 Å². The summed E-state index contributed by atoms with van der Waals surface area (Å²) in [5, 5.41) is 4.45. The van der Waals surface area contributed by atoms with Crippen LogP contribution in [0.3, 0.4) is 0 Å². The van der Waals surface area contributed by atoms with Gasteiger partial charge in [0, 0.05) is 44.1 Å². The van der Waals surface area contributed by atoms with Crippen molar-refractivity contribution in [2.45, 2.75) is 26.7 Å². The second-order valence-corrected chi connectivity index (χ2v) is 7.78. The van der Waals surface area contributed by atoms with Gasteiger partial charge in [-0.1, -0.05) is 12.1 Å². The monoisotopic (exact) mass is 408 g/mol. The third-order valence-corrected chi connectivity index (χ3v) is 5.57. The highest BCUT2D eigenvalue weighted by Crippen LogP contribution is 2.13. The Labute approximate surface area is 176 Å². The Bertz CT molecular complexity index is 1020. The standard InChI is InChI=1S/C22H28N6O2/c1-16-14-17(2)28-22(23-16)24-20(25-28)15-21(29)27-12-10-26(11-13-27)9-8-18-4-6-19(30-3)7-5-18/h4-7,14H,8-13,15H2,1-3H3. The molecule has 3 heterocycles. The van der Waals surface area contributed by atoms with E-state index in [2.05, 4.69) is 32.1 Å². The number of piperazine rings is 1. The fraction of sp³-hybridized carbons (Fsp3) is 0.455. The highest BCUT2D eigenvalue weighted by molar-refractivity contribution is 5.78. The molecule has 1 amide bonds. The molecule has 4 rings (SSSR count). The van der Waals surface area contributed by atoms with Crippen LogP contribution in [-0.2, 0) is 17.6 Å². The smallest absolute Gasteiger partial charge is 0.252 e. The fourth-order valence-electron chi connectivity index (χ4n) is 3.83. The largest absolute Gasteiger partial charge is 0.497 e. The number of fused-ring (bicyclic) bond motifs is 1. The lowest BCUT2D eigenvalue weighted by molar-refractivity contribution is -0.132. The Morgan fingerprint density at radius 3 is 2.50 bits per heavy atom. The van der Waals surface area contributed by atoms with E-state index in [0.29, 0.717) is 11.6 Å². The normalized spacial score (nSPS) is 15.0. The van der Waals surface area contributed by atoms with Crippen LogP contribution < -0.4 is 4.74 Å². The van der Waals surface area contributed by atoms with E-state index in [-0.39, 0.29) is 12.3 Å². The van der Waals surface area contributed by atoms with Gasteiger partial charge in [-0.15, -0.1) is 5.10 Å². The average molecular weight is 409 g/mol. The summed E-state index contributed by atoms with van der Waals surface area (Å²) in [6, 6.07) is 10.2. The summed E-state index contributed by atoms with van der Waals surface area (Å²) < 4.78 is 6.91. The number of amides is 1. The molecule has 1 aliphatic heterocycles. The fourth-order valence-corrected chi connectivity index (χ4v) is 3.83. The van der Waals surface area contributed by atoms with Gasteiger partial charge in [-0.25, -0.2) is 9.50 Å². The van der Waals surface area contributed by atoms with E-state index < -0.39 is 0 Å². The maximum atomic E-state index is 12.7. The third kappa shape index (κ3) is 4.59. The van der Waals surface area contributed by atoms with Crippen molar-refractivity contribution in [1.82, 2.24) is 29.4 Å². The minimum absolute atomic E-state index is 0.0788. The molecule has 1 saturated heterocycles. The minimum atomic E-state index is 0.0788. The molecule has 0 atom stereocenters. The molecular weight excluding hydrogens is 380 g/mol. The predicted molar refractivity (Wildman–Crippen MR) is 114 cm³/mol. The van der Waals surface area contributed by atoms with Gasteiger partial charge in [0.05, 0.1) is 13.5 Å². The molecule has 0 unspecified atom stereocenters. The van der Waals surface area contributed by atoms with Crippen molar-refractivity contribution in [3.63, 3.8) is 0 Å². The minimum Gasteiger partial charge on any atom is -0.497 e. The van der Waals surface area contributed by atoms with Crippen LogP contribution in [0.1, 0.15) is 22.8 Å². The van der Waals surface area contributed by atoms with Crippen LogP contribution in [0.2, 0.25) is 0 Å². The molecule has 0 spiro atoms. The van der Waals surface area contributed by atoms with Crippen molar-refractivity contribution < 1.29 is 9.53 Å². The van der Waals surface area contributed by atoms with E-state index in [1.165, 1.54) is 5.56 Å². The zero-order valence-corrected chi connectivity index (χ0v) is 17.8. The van der Waals surface area contributed by atoms with Gasteiger partial charge in [-0.3, -0.25) is 9.69 Å². The van der Waals surface area contributed by atoms with Crippen molar-refractivity contribution in [3.8, 4) is 5.75 Å². The molecule has 30 heavy (non-hydrogen) atoms. The van der Waals surface area contributed by atoms with E-state index in [1.807, 2.05) is 36.9 Å². The number of carbonyl (C=O) groups is 1. The summed E-state index contributed by atoms with van der Waals surface area (Å²) in [4.78, 5) is 25.9. The summed E-state index contributed by atoms with van der Waals surface area (Å²) in [5.74, 6) is 2.05. The number of aromatic nitrogens is 4. The first-order valence-corrected chi connectivity index (χ1v) is 10.3. The van der Waals surface area contributed by atoms with Crippen LogP contribution in [0.5, 0.6) is 5.75 Å². The molecule has 0 N–H and O–H groups in total. The highest BCUT2D eigenvalue weighted by Gasteiger charge is 2.22. The highest BCUT2D eigenvalue weighted by atomic mass is 16.5. The Morgan fingerprint density at radius 2 is 1.80 bits per heavy atom. The van der Waals surface area contributed by atoms with E-state index in [1.54, 1.807) is 11.6 Å². The van der Waals surface area contributed by atoms with Gasteiger partial charge in [-0.05, 0) is 44.0 Å². The molecule has 0 radical (unpaired) electrons. The van der Waals surface area contributed by atoms with Crippen LogP contribution >= 0.6 is 0 Å². The molecule has 8 heteroatoms. The molecule has 1 aliphatic rings. The molecule has 0 saturated carbocycles. The quantitative estimate of drug-likeness (QED) is 0.618. The molecule has 3 aromatic rings. The lowest BCUT2D eigenvalue weighted by Gasteiger charge is -2.34. The van der Waals surface area contributed by atoms with E-state index in [4.69, 9.17) is 4.74 Å². The van der Waals surface area contributed by atoms with Crippen molar-refractivity contribution >= 4 is 11.7 Å². The van der Waals surface area contributed by atoms with Gasteiger partial charge < -0.3 is 9.64 Å². The number of hydrogen-bond acceptors (Lipinski definition) is 6. The molecule has 0 bridgehead atoms. The van der Waals surface area contributed by atoms with Gasteiger partial charge in [-0.2, -0.15) is 4.98 Å². The van der Waals surface area contributed by atoms with E-state index in [9.17, 15) is 4.79 Å². The van der Waals surface area contributed by atoms with Crippen LogP contribution in [0.4, 0.5) is 0 Å². The second-order valence-electron chi connectivity index (χ2n) is 7.78.